The van der Waals surface area contributed by atoms with Crippen molar-refractivity contribution in [2.75, 3.05) is 11.8 Å². The van der Waals surface area contributed by atoms with E-state index in [4.69, 9.17) is 4.74 Å². The summed E-state index contributed by atoms with van der Waals surface area (Å²) in [5, 5.41) is 0. The van der Waals surface area contributed by atoms with E-state index in [0.29, 0.717) is 0 Å². The number of halogens is 1. The van der Waals surface area contributed by atoms with Crippen molar-refractivity contribution in [2.45, 2.75) is 31.4 Å². The van der Waals surface area contributed by atoms with Gasteiger partial charge in [0.1, 0.15) is 4.66 Å². The van der Waals surface area contributed by atoms with Crippen molar-refractivity contribution in [2.24, 2.45) is 0 Å². The van der Waals surface area contributed by atoms with Gasteiger partial charge in [0.2, 0.25) is 10.0 Å². The molecule has 0 aromatic rings. The second kappa shape index (κ2) is 4.72. The standard InChI is InChI=1S/C7H14BrNO3S/c1-12-7-3-2-6(4-7)9-13(10,11)5-8/h6-7,9H,2-5H2,1H3. The van der Waals surface area contributed by atoms with Crippen LogP contribution in [0.1, 0.15) is 19.3 Å². The molecule has 78 valence electrons. The number of hydrogen-bond acceptors (Lipinski definition) is 3. The molecule has 4 nitrogen and oxygen atoms in total. The highest BCUT2D eigenvalue weighted by Gasteiger charge is 2.27. The summed E-state index contributed by atoms with van der Waals surface area (Å²) < 4.78 is 30.0. The second-order valence-electron chi connectivity index (χ2n) is 3.21. The van der Waals surface area contributed by atoms with Crippen LogP contribution in [0, 0.1) is 0 Å². The van der Waals surface area contributed by atoms with Crippen molar-refractivity contribution in [1.82, 2.24) is 4.72 Å². The topological polar surface area (TPSA) is 55.4 Å². The molecular weight excluding hydrogens is 258 g/mol. The van der Waals surface area contributed by atoms with Crippen LogP contribution < -0.4 is 4.72 Å². The van der Waals surface area contributed by atoms with Gasteiger partial charge in [0.25, 0.3) is 0 Å². The normalized spacial score (nSPS) is 29.4. The molecular formula is C7H14BrNO3S. The number of hydrogen-bond donors (Lipinski definition) is 1. The Hall–Kier alpha value is 0.350. The molecule has 0 aromatic heterocycles. The molecule has 6 heteroatoms. The molecule has 1 rings (SSSR count). The van der Waals surface area contributed by atoms with E-state index in [2.05, 4.69) is 20.7 Å². The van der Waals surface area contributed by atoms with Crippen molar-refractivity contribution >= 4 is 26.0 Å². The summed E-state index contributed by atoms with van der Waals surface area (Å²) in [7, 11) is -1.46. The lowest BCUT2D eigenvalue weighted by Gasteiger charge is -2.11. The molecule has 13 heavy (non-hydrogen) atoms. The molecule has 0 bridgehead atoms. The van der Waals surface area contributed by atoms with Crippen LogP contribution in [0.2, 0.25) is 0 Å². The predicted octanol–water partition coefficient (Wildman–Crippen LogP) is 0.826. The molecule has 1 aliphatic rings. The quantitative estimate of drug-likeness (QED) is 0.771. The highest BCUT2D eigenvalue weighted by atomic mass is 79.9. The van der Waals surface area contributed by atoms with Gasteiger partial charge in [-0.25, -0.2) is 13.1 Å². The zero-order valence-electron chi connectivity index (χ0n) is 7.49. The van der Waals surface area contributed by atoms with Gasteiger partial charge in [-0.1, -0.05) is 15.9 Å². The van der Waals surface area contributed by atoms with E-state index in [9.17, 15) is 8.42 Å². The molecule has 0 amide bonds. The minimum atomic E-state index is -3.12. The van der Waals surface area contributed by atoms with Gasteiger partial charge < -0.3 is 4.74 Å². The number of sulfonamides is 1. The fourth-order valence-electron chi connectivity index (χ4n) is 1.55. The fourth-order valence-corrected chi connectivity index (χ4v) is 2.73. The molecule has 1 saturated carbocycles. The summed E-state index contributed by atoms with van der Waals surface area (Å²) in [5.41, 5.74) is 0. The first-order valence-electron chi connectivity index (χ1n) is 4.16. The summed E-state index contributed by atoms with van der Waals surface area (Å²) >= 11 is 2.93. The molecule has 0 radical (unpaired) electrons. The number of ether oxygens (including phenoxy) is 1. The van der Waals surface area contributed by atoms with Gasteiger partial charge in [0.15, 0.2) is 0 Å². The van der Waals surface area contributed by atoms with Crippen molar-refractivity contribution in [3.8, 4) is 0 Å². The highest BCUT2D eigenvalue weighted by molar-refractivity contribution is 9.10. The van der Waals surface area contributed by atoms with Crippen molar-refractivity contribution < 1.29 is 13.2 Å². The van der Waals surface area contributed by atoms with Gasteiger partial charge >= 0.3 is 0 Å². The van der Waals surface area contributed by atoms with E-state index < -0.39 is 10.0 Å². The summed E-state index contributed by atoms with van der Waals surface area (Å²) in [4.78, 5) is 0. The average Bonchev–Trinajstić information content (AvgIpc) is 2.52. The highest BCUT2D eigenvalue weighted by Crippen LogP contribution is 2.22. The Balaban J connectivity index is 2.40. The van der Waals surface area contributed by atoms with Crippen LogP contribution in [0.3, 0.4) is 0 Å². The lowest BCUT2D eigenvalue weighted by molar-refractivity contribution is 0.107. The summed E-state index contributed by atoms with van der Waals surface area (Å²) in [6.45, 7) is 0. The lowest BCUT2D eigenvalue weighted by atomic mass is 10.3. The van der Waals surface area contributed by atoms with Crippen LogP contribution >= 0.6 is 15.9 Å². The molecule has 1 fully saturated rings. The Morgan fingerprint density at radius 2 is 2.23 bits per heavy atom. The number of rotatable bonds is 4. The maximum Gasteiger partial charge on any atom is 0.221 e. The second-order valence-corrected chi connectivity index (χ2v) is 6.27. The van der Waals surface area contributed by atoms with Gasteiger partial charge in [0, 0.05) is 13.2 Å². The molecule has 0 heterocycles. The predicted molar refractivity (Wildman–Crippen MR) is 54.3 cm³/mol. The minimum Gasteiger partial charge on any atom is -0.381 e. The zero-order valence-corrected chi connectivity index (χ0v) is 9.90. The molecule has 0 spiro atoms. The Kier molecular flexibility index (Phi) is 4.15. The van der Waals surface area contributed by atoms with Crippen molar-refractivity contribution in [3.63, 3.8) is 0 Å². The molecule has 2 atom stereocenters. The molecule has 0 aromatic carbocycles. The van der Waals surface area contributed by atoms with Crippen LogP contribution in [0.5, 0.6) is 0 Å². The van der Waals surface area contributed by atoms with Gasteiger partial charge in [-0.2, -0.15) is 0 Å². The van der Waals surface area contributed by atoms with E-state index in [0.717, 1.165) is 19.3 Å². The van der Waals surface area contributed by atoms with Gasteiger partial charge in [0.05, 0.1) is 6.10 Å². The third kappa shape index (κ3) is 3.53. The smallest absolute Gasteiger partial charge is 0.221 e. The molecule has 0 aliphatic heterocycles. The van der Waals surface area contributed by atoms with Crippen LogP contribution in [0.25, 0.3) is 0 Å². The van der Waals surface area contributed by atoms with Crippen LogP contribution in [-0.4, -0.2) is 32.3 Å². The summed E-state index contributed by atoms with van der Waals surface area (Å²) in [6, 6.07) is 0.0486. The third-order valence-corrected chi connectivity index (χ3v) is 5.00. The van der Waals surface area contributed by atoms with Crippen molar-refractivity contribution in [1.29, 1.82) is 0 Å². The van der Waals surface area contributed by atoms with Crippen LogP contribution in [-0.2, 0) is 14.8 Å². The minimum absolute atomic E-state index is 0.0336. The SMILES string of the molecule is COC1CCC(NS(=O)(=O)CBr)C1. The Bertz CT molecular complexity index is 254. The van der Waals surface area contributed by atoms with Gasteiger partial charge in [-0.3, -0.25) is 0 Å². The number of nitrogens with one attached hydrogen (secondary N) is 1. The summed E-state index contributed by atoms with van der Waals surface area (Å²) in [6.07, 6.45) is 2.79. The fraction of sp³-hybridized carbons (Fsp3) is 1.00. The molecule has 0 saturated heterocycles. The first-order chi connectivity index (χ1) is 6.07. The lowest BCUT2D eigenvalue weighted by Crippen LogP contribution is -2.33. The molecule has 1 N–H and O–H groups in total. The van der Waals surface area contributed by atoms with E-state index in [1.165, 1.54) is 0 Å². The average molecular weight is 272 g/mol. The Morgan fingerprint density at radius 3 is 2.69 bits per heavy atom. The maximum absolute atomic E-state index is 11.2. The van der Waals surface area contributed by atoms with Gasteiger partial charge in [-0.15, -0.1) is 0 Å². The van der Waals surface area contributed by atoms with Crippen LogP contribution in [0.15, 0.2) is 0 Å². The van der Waals surface area contributed by atoms with E-state index in [-0.39, 0.29) is 16.8 Å². The number of alkyl halides is 1. The molecule has 2 unspecified atom stereocenters. The number of methoxy groups -OCH3 is 1. The largest absolute Gasteiger partial charge is 0.381 e. The first-order valence-corrected chi connectivity index (χ1v) is 6.93. The molecule has 1 aliphatic carbocycles. The van der Waals surface area contributed by atoms with E-state index in [1.807, 2.05) is 0 Å². The van der Waals surface area contributed by atoms with Gasteiger partial charge in [-0.05, 0) is 19.3 Å². The monoisotopic (exact) mass is 271 g/mol. The third-order valence-electron chi connectivity index (χ3n) is 2.21. The van der Waals surface area contributed by atoms with E-state index in [1.54, 1.807) is 7.11 Å². The zero-order chi connectivity index (χ0) is 9.90. The Labute approximate surface area is 87.2 Å². The maximum atomic E-state index is 11.2. The Morgan fingerprint density at radius 1 is 1.54 bits per heavy atom. The summed E-state index contributed by atoms with van der Waals surface area (Å²) in [5.74, 6) is 0. The van der Waals surface area contributed by atoms with Crippen LogP contribution in [0.4, 0.5) is 0 Å². The first kappa shape index (κ1) is 11.4. The van der Waals surface area contributed by atoms with E-state index >= 15 is 0 Å². The van der Waals surface area contributed by atoms with Crippen molar-refractivity contribution in [3.05, 3.63) is 0 Å².